The van der Waals surface area contributed by atoms with Crippen LogP contribution in [-0.4, -0.2) is 32.3 Å². The van der Waals surface area contributed by atoms with Crippen molar-refractivity contribution in [3.63, 3.8) is 0 Å². The van der Waals surface area contributed by atoms with Crippen LogP contribution in [0.25, 0.3) is 0 Å². The molecule has 0 fully saturated rings. The molecule has 31 heavy (non-hydrogen) atoms. The number of carbonyl (C=O) groups is 2. The number of rotatable bonds is 8. The van der Waals surface area contributed by atoms with Crippen LogP contribution in [0.1, 0.15) is 32.7 Å². The molecule has 0 saturated heterocycles. The summed E-state index contributed by atoms with van der Waals surface area (Å²) in [4.78, 5) is 26.2. The van der Waals surface area contributed by atoms with Gasteiger partial charge in [-0.15, -0.1) is 0 Å². The van der Waals surface area contributed by atoms with Gasteiger partial charge in [-0.3, -0.25) is 9.59 Å². The number of carbonyl (C=O) groups excluding carboxylic acids is 2. The fourth-order valence-corrected chi connectivity index (χ4v) is 5.02. The summed E-state index contributed by atoms with van der Waals surface area (Å²) in [5.41, 5.74) is 1.40. The van der Waals surface area contributed by atoms with Gasteiger partial charge in [0.25, 0.3) is 0 Å². The van der Waals surface area contributed by atoms with Crippen molar-refractivity contribution in [2.75, 3.05) is 7.11 Å². The Hall–Kier alpha value is -2.77. The van der Waals surface area contributed by atoms with Gasteiger partial charge in [0.05, 0.1) is 12.0 Å². The van der Waals surface area contributed by atoms with Crippen LogP contribution in [-0.2, 0) is 9.84 Å². The fraction of sp³-hybridized carbons (Fsp3) is 0.167. The number of Topliss-reactive ketones (excluding diaryl/α,β-unsaturated/α-hetero) is 2. The Kier molecular flexibility index (Phi) is 7.08. The van der Waals surface area contributed by atoms with Crippen molar-refractivity contribution in [3.8, 4) is 5.75 Å². The normalized spacial score (nSPS) is 12.2. The number of hydrogen-bond acceptors (Lipinski definition) is 5. The molecule has 0 amide bonds. The quantitative estimate of drug-likeness (QED) is 0.403. The molecule has 3 aromatic rings. The molecule has 3 aromatic carbocycles. The number of benzene rings is 3. The maximum Gasteiger partial charge on any atom is 0.189 e. The first-order chi connectivity index (χ1) is 14.7. The number of methoxy groups -OCH3 is 1. The van der Waals surface area contributed by atoms with Crippen LogP contribution >= 0.6 is 15.9 Å². The highest BCUT2D eigenvalue weighted by molar-refractivity contribution is 9.10. The van der Waals surface area contributed by atoms with E-state index in [1.807, 2.05) is 6.92 Å². The predicted octanol–water partition coefficient (Wildman–Crippen LogP) is 5.06. The summed E-state index contributed by atoms with van der Waals surface area (Å²) in [7, 11) is -2.66. The first-order valence-corrected chi connectivity index (χ1v) is 11.8. The van der Waals surface area contributed by atoms with Crippen LogP contribution < -0.4 is 4.74 Å². The second-order valence-corrected chi connectivity index (χ2v) is 10.1. The van der Waals surface area contributed by atoms with Gasteiger partial charge < -0.3 is 4.74 Å². The van der Waals surface area contributed by atoms with Crippen molar-refractivity contribution in [2.24, 2.45) is 0 Å². The van der Waals surface area contributed by atoms with Crippen LogP contribution in [0.4, 0.5) is 0 Å². The minimum atomic E-state index is -4.12. The van der Waals surface area contributed by atoms with Gasteiger partial charge in [-0.2, -0.15) is 0 Å². The minimum Gasteiger partial charge on any atom is -0.497 e. The summed E-state index contributed by atoms with van der Waals surface area (Å²) >= 11 is 3.31. The van der Waals surface area contributed by atoms with Crippen molar-refractivity contribution in [3.05, 3.63) is 94.0 Å². The number of aryl methyl sites for hydroxylation is 1. The van der Waals surface area contributed by atoms with E-state index >= 15 is 0 Å². The number of ether oxygens (including phenoxy) is 1. The molecule has 5 nitrogen and oxygen atoms in total. The Labute approximate surface area is 190 Å². The second kappa shape index (κ2) is 9.58. The van der Waals surface area contributed by atoms with Crippen LogP contribution in [0.5, 0.6) is 5.75 Å². The summed E-state index contributed by atoms with van der Waals surface area (Å²) in [5.74, 6) is -0.647. The first-order valence-electron chi connectivity index (χ1n) is 9.50. The molecule has 0 aliphatic heterocycles. The van der Waals surface area contributed by atoms with E-state index in [0.29, 0.717) is 11.3 Å². The molecule has 160 valence electrons. The summed E-state index contributed by atoms with van der Waals surface area (Å²) in [6, 6.07) is 19.1. The van der Waals surface area contributed by atoms with E-state index in [1.165, 1.54) is 31.4 Å². The number of sulfone groups is 1. The molecule has 1 atom stereocenters. The topological polar surface area (TPSA) is 77.5 Å². The molecule has 0 heterocycles. The monoisotopic (exact) mass is 500 g/mol. The molecule has 0 N–H and O–H groups in total. The van der Waals surface area contributed by atoms with Crippen molar-refractivity contribution >= 4 is 37.3 Å². The summed E-state index contributed by atoms with van der Waals surface area (Å²) in [5, 5.41) is -1.56. The summed E-state index contributed by atoms with van der Waals surface area (Å²) in [6.07, 6.45) is -0.464. The smallest absolute Gasteiger partial charge is 0.189 e. The van der Waals surface area contributed by atoms with Gasteiger partial charge in [0.1, 0.15) is 11.0 Å². The first kappa shape index (κ1) is 22.9. The third-order valence-electron chi connectivity index (χ3n) is 4.91. The SMILES string of the molecule is COc1cccc(C(=O)[C@@H](CC(=O)c2ccc(Br)cc2)S(=O)(=O)c2ccc(C)cc2)c1. The lowest BCUT2D eigenvalue weighted by Gasteiger charge is -2.17. The minimum absolute atomic E-state index is 0.00273. The molecule has 0 radical (unpaired) electrons. The molecule has 0 spiro atoms. The Bertz CT molecular complexity index is 1200. The molecule has 0 aliphatic carbocycles. The highest BCUT2D eigenvalue weighted by atomic mass is 79.9. The zero-order valence-corrected chi connectivity index (χ0v) is 19.4. The second-order valence-electron chi connectivity index (χ2n) is 7.08. The maximum atomic E-state index is 13.4. The number of hydrogen-bond donors (Lipinski definition) is 0. The van der Waals surface area contributed by atoms with Gasteiger partial charge in [-0.05, 0) is 43.3 Å². The van der Waals surface area contributed by atoms with Crippen LogP contribution in [0.15, 0.2) is 82.2 Å². The molecule has 0 aliphatic rings. The zero-order chi connectivity index (χ0) is 22.6. The van der Waals surface area contributed by atoms with Gasteiger partial charge in [0.2, 0.25) is 0 Å². The predicted molar refractivity (Wildman–Crippen MR) is 123 cm³/mol. The van der Waals surface area contributed by atoms with Crippen molar-refractivity contribution in [2.45, 2.75) is 23.5 Å². The standard InChI is InChI=1S/C24H21BrO5S/c1-16-6-12-21(13-7-16)31(28,29)23(15-22(26)17-8-10-19(25)11-9-17)24(27)18-4-3-5-20(14-18)30-2/h3-14,23H,15H2,1-2H3/t23-/m1/s1. The fourth-order valence-electron chi connectivity index (χ4n) is 3.12. The number of ketones is 2. The van der Waals surface area contributed by atoms with Crippen molar-refractivity contribution in [1.82, 2.24) is 0 Å². The maximum absolute atomic E-state index is 13.4. The molecule has 0 unspecified atom stereocenters. The number of halogens is 1. The molecular weight excluding hydrogens is 480 g/mol. The third kappa shape index (κ3) is 5.29. The highest BCUT2D eigenvalue weighted by Crippen LogP contribution is 2.26. The van der Waals surface area contributed by atoms with Crippen molar-refractivity contribution in [1.29, 1.82) is 0 Å². The average Bonchev–Trinajstić information content (AvgIpc) is 2.77. The van der Waals surface area contributed by atoms with Gasteiger partial charge in [0.15, 0.2) is 21.4 Å². The Morgan fingerprint density at radius 1 is 0.935 bits per heavy atom. The van der Waals surface area contributed by atoms with Crippen molar-refractivity contribution < 1.29 is 22.7 Å². The van der Waals surface area contributed by atoms with Gasteiger partial charge >= 0.3 is 0 Å². The van der Waals surface area contributed by atoms with Gasteiger partial charge in [-0.25, -0.2) is 8.42 Å². The van der Waals surface area contributed by atoms with E-state index in [-0.39, 0.29) is 10.5 Å². The zero-order valence-electron chi connectivity index (χ0n) is 17.0. The Morgan fingerprint density at radius 2 is 1.58 bits per heavy atom. The lowest BCUT2D eigenvalue weighted by molar-refractivity contribution is 0.0920. The molecular formula is C24H21BrO5S. The van der Waals surface area contributed by atoms with E-state index < -0.39 is 33.1 Å². The van der Waals surface area contributed by atoms with Crippen LogP contribution in [0, 0.1) is 6.92 Å². The largest absolute Gasteiger partial charge is 0.497 e. The highest BCUT2D eigenvalue weighted by Gasteiger charge is 2.36. The van der Waals surface area contributed by atoms with E-state index in [2.05, 4.69) is 15.9 Å². The molecule has 3 rings (SSSR count). The Morgan fingerprint density at radius 3 is 2.19 bits per heavy atom. The van der Waals surface area contributed by atoms with E-state index in [1.54, 1.807) is 48.5 Å². The average molecular weight is 501 g/mol. The van der Waals surface area contributed by atoms with Crippen LogP contribution in [0.3, 0.4) is 0 Å². The third-order valence-corrected chi connectivity index (χ3v) is 7.50. The molecule has 7 heteroatoms. The molecule has 0 bridgehead atoms. The summed E-state index contributed by atoms with van der Waals surface area (Å²) < 4.78 is 32.8. The van der Waals surface area contributed by atoms with Gasteiger partial charge in [0, 0.05) is 22.0 Å². The molecule has 0 aromatic heterocycles. The van der Waals surface area contributed by atoms with Crippen LogP contribution in [0.2, 0.25) is 0 Å². The summed E-state index contributed by atoms with van der Waals surface area (Å²) in [6.45, 7) is 1.84. The lowest BCUT2D eigenvalue weighted by Crippen LogP contribution is -2.33. The van der Waals surface area contributed by atoms with E-state index in [4.69, 9.17) is 4.74 Å². The van der Waals surface area contributed by atoms with E-state index in [9.17, 15) is 18.0 Å². The van der Waals surface area contributed by atoms with E-state index in [0.717, 1.165) is 10.0 Å². The van der Waals surface area contributed by atoms with Gasteiger partial charge in [-0.1, -0.05) is 57.9 Å². The Balaban J connectivity index is 2.04. The molecule has 0 saturated carbocycles. The lowest BCUT2D eigenvalue weighted by atomic mass is 10.0.